The van der Waals surface area contributed by atoms with Gasteiger partial charge in [-0.3, -0.25) is 9.97 Å². The van der Waals surface area contributed by atoms with E-state index in [1.54, 1.807) is 36.9 Å². The van der Waals surface area contributed by atoms with E-state index in [9.17, 15) is 0 Å². The van der Waals surface area contributed by atoms with Crippen molar-refractivity contribution in [2.75, 3.05) is 0 Å². The number of nitrogens with zero attached hydrogens (tertiary/aromatic N) is 2. The highest BCUT2D eigenvalue weighted by atomic mass is 14.6. The molecule has 0 aliphatic carbocycles. The molecule has 2 aromatic rings. The van der Waals surface area contributed by atoms with Gasteiger partial charge in [-0.25, -0.2) is 0 Å². The number of pyridine rings is 2. The molecule has 0 saturated heterocycles. The van der Waals surface area contributed by atoms with Crippen molar-refractivity contribution in [1.29, 1.82) is 5.41 Å². The standard InChI is InChI=1S/C15H13N3.C2H6/c1-2-12(13-3-7-17-8-4-13)11-15(16)14-5-9-18-10-6-14;1-2/h2-11,16H,1H2;1-2H3/b12-11+,16-15?;. The Morgan fingerprint density at radius 1 is 0.950 bits per heavy atom. The summed E-state index contributed by atoms with van der Waals surface area (Å²) in [6.07, 6.45) is 10.3. The molecule has 2 aromatic heterocycles. The second-order valence-electron chi connectivity index (χ2n) is 3.69. The van der Waals surface area contributed by atoms with Crippen molar-refractivity contribution in [3.05, 3.63) is 78.9 Å². The highest BCUT2D eigenvalue weighted by Crippen LogP contribution is 2.15. The van der Waals surface area contributed by atoms with Gasteiger partial charge in [0.05, 0.1) is 5.71 Å². The second kappa shape index (κ2) is 8.53. The summed E-state index contributed by atoms with van der Waals surface area (Å²) in [5.41, 5.74) is 3.17. The van der Waals surface area contributed by atoms with Gasteiger partial charge >= 0.3 is 0 Å². The first-order valence-electron chi connectivity index (χ1n) is 6.55. The average molecular weight is 265 g/mol. The van der Waals surface area contributed by atoms with Crippen molar-refractivity contribution >= 4 is 11.3 Å². The van der Waals surface area contributed by atoms with Crippen molar-refractivity contribution < 1.29 is 0 Å². The van der Waals surface area contributed by atoms with Gasteiger partial charge in [0.1, 0.15) is 0 Å². The molecule has 0 amide bonds. The molecule has 0 atom stereocenters. The van der Waals surface area contributed by atoms with Crippen LogP contribution in [0, 0.1) is 5.41 Å². The maximum Gasteiger partial charge on any atom is 0.0619 e. The summed E-state index contributed by atoms with van der Waals surface area (Å²) in [6, 6.07) is 7.42. The summed E-state index contributed by atoms with van der Waals surface area (Å²) in [6.45, 7) is 7.79. The van der Waals surface area contributed by atoms with Crippen LogP contribution in [0.15, 0.2) is 67.8 Å². The lowest BCUT2D eigenvalue weighted by molar-refractivity contribution is 1.31. The van der Waals surface area contributed by atoms with Crippen molar-refractivity contribution in [1.82, 2.24) is 9.97 Å². The monoisotopic (exact) mass is 265 g/mol. The van der Waals surface area contributed by atoms with Crippen LogP contribution in [-0.4, -0.2) is 15.7 Å². The number of nitrogens with one attached hydrogen (secondary N) is 1. The number of hydrogen-bond donors (Lipinski definition) is 1. The van der Waals surface area contributed by atoms with E-state index in [2.05, 4.69) is 16.5 Å². The van der Waals surface area contributed by atoms with Crippen LogP contribution in [0.5, 0.6) is 0 Å². The van der Waals surface area contributed by atoms with Crippen LogP contribution in [0.3, 0.4) is 0 Å². The third-order valence-electron chi connectivity index (χ3n) is 2.52. The van der Waals surface area contributed by atoms with Crippen molar-refractivity contribution in [2.24, 2.45) is 0 Å². The Bertz CT molecular complexity index is 572. The number of rotatable bonds is 4. The molecule has 0 aliphatic heterocycles. The van der Waals surface area contributed by atoms with E-state index in [-0.39, 0.29) is 0 Å². The Morgan fingerprint density at radius 3 is 1.85 bits per heavy atom. The van der Waals surface area contributed by atoms with Crippen LogP contribution in [-0.2, 0) is 0 Å². The second-order valence-corrected chi connectivity index (χ2v) is 3.69. The third-order valence-corrected chi connectivity index (χ3v) is 2.52. The minimum absolute atomic E-state index is 0.434. The molecule has 0 aromatic carbocycles. The van der Waals surface area contributed by atoms with Gasteiger partial charge < -0.3 is 5.41 Å². The van der Waals surface area contributed by atoms with E-state index in [1.165, 1.54) is 0 Å². The molecule has 0 saturated carbocycles. The molecular weight excluding hydrogens is 246 g/mol. The zero-order valence-corrected chi connectivity index (χ0v) is 11.9. The molecule has 0 spiro atoms. The first-order chi connectivity index (χ1) is 9.81. The van der Waals surface area contributed by atoms with Crippen LogP contribution < -0.4 is 0 Å². The van der Waals surface area contributed by atoms with Gasteiger partial charge in [-0.2, -0.15) is 0 Å². The van der Waals surface area contributed by atoms with E-state index in [1.807, 2.05) is 38.1 Å². The number of hydrogen-bond acceptors (Lipinski definition) is 3. The van der Waals surface area contributed by atoms with Gasteiger partial charge in [0.2, 0.25) is 0 Å². The maximum absolute atomic E-state index is 8.05. The van der Waals surface area contributed by atoms with E-state index < -0.39 is 0 Å². The zero-order valence-electron chi connectivity index (χ0n) is 11.9. The molecular formula is C17H19N3. The highest BCUT2D eigenvalue weighted by molar-refractivity contribution is 6.11. The minimum Gasteiger partial charge on any atom is -0.300 e. The topological polar surface area (TPSA) is 49.6 Å². The van der Waals surface area contributed by atoms with Crippen LogP contribution >= 0.6 is 0 Å². The summed E-state index contributed by atoms with van der Waals surface area (Å²) < 4.78 is 0. The molecule has 20 heavy (non-hydrogen) atoms. The fraction of sp³-hybridized carbons (Fsp3) is 0.118. The quantitative estimate of drug-likeness (QED) is 0.667. The van der Waals surface area contributed by atoms with Gasteiger partial charge in [0, 0.05) is 30.4 Å². The SMILES string of the molecule is C=C/C(=C\C(=N)c1ccncc1)c1ccncc1.CC. The predicted octanol–water partition coefficient (Wildman–Crippen LogP) is 4.14. The lowest BCUT2D eigenvalue weighted by atomic mass is 10.0. The van der Waals surface area contributed by atoms with Gasteiger partial charge in [-0.05, 0) is 41.5 Å². The molecule has 102 valence electrons. The molecule has 0 bridgehead atoms. The largest absolute Gasteiger partial charge is 0.300 e. The van der Waals surface area contributed by atoms with E-state index in [4.69, 9.17) is 5.41 Å². The summed E-state index contributed by atoms with van der Waals surface area (Å²) in [4.78, 5) is 7.92. The smallest absolute Gasteiger partial charge is 0.0619 e. The molecule has 0 unspecified atom stereocenters. The Kier molecular flexibility index (Phi) is 6.62. The molecule has 2 heterocycles. The molecule has 0 radical (unpaired) electrons. The summed E-state index contributed by atoms with van der Waals surface area (Å²) in [5.74, 6) is 0. The summed E-state index contributed by atoms with van der Waals surface area (Å²) >= 11 is 0. The lowest BCUT2D eigenvalue weighted by Gasteiger charge is -2.03. The lowest BCUT2D eigenvalue weighted by Crippen LogP contribution is -1.96. The van der Waals surface area contributed by atoms with E-state index in [0.29, 0.717) is 5.71 Å². The Balaban J connectivity index is 0.000000956. The number of allylic oxidation sites excluding steroid dienone is 3. The first kappa shape index (κ1) is 15.5. The van der Waals surface area contributed by atoms with Gasteiger partial charge in [-0.15, -0.1) is 0 Å². The van der Waals surface area contributed by atoms with E-state index >= 15 is 0 Å². The molecule has 3 nitrogen and oxygen atoms in total. The highest BCUT2D eigenvalue weighted by Gasteiger charge is 2.01. The molecule has 3 heteroatoms. The average Bonchev–Trinajstić information content (AvgIpc) is 2.56. The molecule has 0 fully saturated rings. The van der Waals surface area contributed by atoms with Crippen molar-refractivity contribution in [3.63, 3.8) is 0 Å². The normalized spacial score (nSPS) is 10.2. The van der Waals surface area contributed by atoms with Crippen LogP contribution in [0.25, 0.3) is 5.57 Å². The fourth-order valence-electron chi connectivity index (χ4n) is 1.57. The predicted molar refractivity (Wildman–Crippen MR) is 84.8 cm³/mol. The van der Waals surface area contributed by atoms with Crippen molar-refractivity contribution in [3.8, 4) is 0 Å². The maximum atomic E-state index is 8.05. The fourth-order valence-corrected chi connectivity index (χ4v) is 1.57. The van der Waals surface area contributed by atoms with Gasteiger partial charge in [0.15, 0.2) is 0 Å². The summed E-state index contributed by atoms with van der Waals surface area (Å²) in [7, 11) is 0. The van der Waals surface area contributed by atoms with Crippen LogP contribution in [0.2, 0.25) is 0 Å². The minimum atomic E-state index is 0.434. The zero-order chi connectivity index (χ0) is 14.8. The molecule has 0 aliphatic rings. The Labute approximate surface area is 120 Å². The van der Waals surface area contributed by atoms with E-state index in [0.717, 1.165) is 16.7 Å². The van der Waals surface area contributed by atoms with Crippen LogP contribution in [0.1, 0.15) is 25.0 Å². The van der Waals surface area contributed by atoms with Gasteiger partial charge in [0.25, 0.3) is 0 Å². The van der Waals surface area contributed by atoms with Crippen LogP contribution in [0.4, 0.5) is 0 Å². The molecule has 2 rings (SSSR count). The Morgan fingerprint density at radius 2 is 1.40 bits per heavy atom. The third kappa shape index (κ3) is 4.28. The molecule has 1 N–H and O–H groups in total. The van der Waals surface area contributed by atoms with Gasteiger partial charge in [-0.1, -0.05) is 26.5 Å². The number of aromatic nitrogens is 2. The summed E-state index contributed by atoms with van der Waals surface area (Å²) in [5, 5.41) is 8.05. The first-order valence-corrected chi connectivity index (χ1v) is 6.55. The Hall–Kier alpha value is -2.55. The van der Waals surface area contributed by atoms with Crippen molar-refractivity contribution in [2.45, 2.75) is 13.8 Å².